The Morgan fingerprint density at radius 2 is 2.00 bits per heavy atom. The fourth-order valence-corrected chi connectivity index (χ4v) is 2.52. The third-order valence-corrected chi connectivity index (χ3v) is 4.18. The van der Waals surface area contributed by atoms with Crippen LogP contribution >= 0.6 is 12.4 Å². The Kier molecular flexibility index (Phi) is 7.07. The number of nitro benzene ring substituents is 1. The van der Waals surface area contributed by atoms with Gasteiger partial charge in [-0.15, -0.1) is 12.4 Å². The van der Waals surface area contributed by atoms with Crippen LogP contribution in [0.15, 0.2) is 23.1 Å². The van der Waals surface area contributed by atoms with Gasteiger partial charge in [-0.05, 0) is 27.0 Å². The second-order valence-corrected chi connectivity index (χ2v) is 6.01. The summed E-state index contributed by atoms with van der Waals surface area (Å²) in [6.45, 7) is 3.59. The first-order valence-electron chi connectivity index (χ1n) is 5.70. The van der Waals surface area contributed by atoms with E-state index in [4.69, 9.17) is 0 Å². The largest absolute Gasteiger partial charge is 0.316 e. The van der Waals surface area contributed by atoms with Gasteiger partial charge < -0.3 is 5.32 Å². The molecule has 20 heavy (non-hydrogen) atoms. The molecule has 2 N–H and O–H groups in total. The van der Waals surface area contributed by atoms with Crippen molar-refractivity contribution in [2.75, 3.05) is 13.6 Å². The van der Waals surface area contributed by atoms with Gasteiger partial charge in [0.25, 0.3) is 5.69 Å². The highest BCUT2D eigenvalue weighted by atomic mass is 35.5. The number of hydrogen-bond donors (Lipinski definition) is 2. The highest BCUT2D eigenvalue weighted by molar-refractivity contribution is 7.89. The van der Waals surface area contributed by atoms with Gasteiger partial charge in [-0.25, -0.2) is 13.1 Å². The van der Waals surface area contributed by atoms with Gasteiger partial charge in [0, 0.05) is 24.2 Å². The Hall–Kier alpha value is -1.22. The van der Waals surface area contributed by atoms with Crippen molar-refractivity contribution in [1.82, 2.24) is 10.0 Å². The molecule has 7 nitrogen and oxygen atoms in total. The van der Waals surface area contributed by atoms with Crippen molar-refractivity contribution in [1.29, 1.82) is 0 Å². The molecule has 0 aliphatic carbocycles. The molecule has 0 radical (unpaired) electrons. The summed E-state index contributed by atoms with van der Waals surface area (Å²) < 4.78 is 26.4. The molecule has 0 aliphatic heterocycles. The van der Waals surface area contributed by atoms with Crippen LogP contribution in [0.25, 0.3) is 0 Å². The molecule has 1 aromatic carbocycles. The molecule has 0 fully saturated rings. The van der Waals surface area contributed by atoms with Crippen LogP contribution in [0.3, 0.4) is 0 Å². The average molecular weight is 324 g/mol. The lowest BCUT2D eigenvalue weighted by atomic mass is 10.2. The van der Waals surface area contributed by atoms with Crippen molar-refractivity contribution in [3.05, 3.63) is 33.9 Å². The monoisotopic (exact) mass is 323 g/mol. The molecule has 0 saturated carbocycles. The number of nitrogens with one attached hydrogen (secondary N) is 2. The zero-order valence-corrected chi connectivity index (χ0v) is 13.0. The van der Waals surface area contributed by atoms with Gasteiger partial charge in [0.15, 0.2) is 0 Å². The molecule has 0 aliphatic rings. The average Bonchev–Trinajstić information content (AvgIpc) is 2.35. The van der Waals surface area contributed by atoms with E-state index in [0.29, 0.717) is 5.56 Å². The Morgan fingerprint density at radius 1 is 1.40 bits per heavy atom. The van der Waals surface area contributed by atoms with Gasteiger partial charge in [0.05, 0.1) is 9.82 Å². The second-order valence-electron chi connectivity index (χ2n) is 4.25. The van der Waals surface area contributed by atoms with Crippen LogP contribution in [-0.2, 0) is 10.0 Å². The molecule has 0 aromatic heterocycles. The van der Waals surface area contributed by atoms with Crippen molar-refractivity contribution in [3.8, 4) is 0 Å². The van der Waals surface area contributed by atoms with Crippen LogP contribution in [0.4, 0.5) is 5.69 Å². The number of rotatable bonds is 6. The summed E-state index contributed by atoms with van der Waals surface area (Å²) in [5, 5.41) is 13.7. The smallest absolute Gasteiger partial charge is 0.273 e. The predicted octanol–water partition coefficient (Wildman–Crippen LogP) is 1.21. The standard InChI is InChI=1S/C11H17N3O4S.ClH/c1-8-4-5-10(6-11(8)14(15)16)19(17,18)13-7-9(2)12-3;/h4-6,9,12-13H,7H2,1-3H3;1H. The molecule has 0 saturated heterocycles. The first-order chi connectivity index (χ1) is 8.77. The van der Waals surface area contributed by atoms with E-state index in [1.165, 1.54) is 12.1 Å². The Labute approximate surface area is 124 Å². The Morgan fingerprint density at radius 3 is 2.50 bits per heavy atom. The highest BCUT2D eigenvalue weighted by Gasteiger charge is 2.19. The van der Waals surface area contributed by atoms with E-state index in [1.54, 1.807) is 14.0 Å². The first-order valence-corrected chi connectivity index (χ1v) is 7.18. The maximum Gasteiger partial charge on any atom is 0.273 e. The van der Waals surface area contributed by atoms with E-state index in [-0.39, 0.29) is 35.6 Å². The lowest BCUT2D eigenvalue weighted by Crippen LogP contribution is -2.37. The van der Waals surface area contributed by atoms with Crippen molar-refractivity contribution < 1.29 is 13.3 Å². The molecule has 1 atom stereocenters. The maximum absolute atomic E-state index is 12.0. The van der Waals surface area contributed by atoms with E-state index >= 15 is 0 Å². The van der Waals surface area contributed by atoms with E-state index in [2.05, 4.69) is 10.0 Å². The molecule has 0 amide bonds. The van der Waals surface area contributed by atoms with Crippen molar-refractivity contribution >= 4 is 28.1 Å². The fraction of sp³-hybridized carbons (Fsp3) is 0.455. The minimum atomic E-state index is -3.73. The molecular formula is C11H18ClN3O4S. The van der Waals surface area contributed by atoms with Gasteiger partial charge in [-0.2, -0.15) is 0 Å². The summed E-state index contributed by atoms with van der Waals surface area (Å²) in [4.78, 5) is 10.1. The predicted molar refractivity (Wildman–Crippen MR) is 78.8 cm³/mol. The molecule has 0 spiro atoms. The van der Waals surface area contributed by atoms with Gasteiger partial charge in [-0.3, -0.25) is 10.1 Å². The van der Waals surface area contributed by atoms with Crippen LogP contribution < -0.4 is 10.0 Å². The van der Waals surface area contributed by atoms with Gasteiger partial charge in [-0.1, -0.05) is 6.07 Å². The number of likely N-dealkylation sites (N-methyl/N-ethyl adjacent to an activating group) is 1. The number of benzene rings is 1. The number of halogens is 1. The third kappa shape index (κ3) is 4.71. The summed E-state index contributed by atoms with van der Waals surface area (Å²) in [5.74, 6) is 0. The molecule has 0 heterocycles. The second kappa shape index (κ2) is 7.53. The van der Waals surface area contributed by atoms with Gasteiger partial charge in [0.2, 0.25) is 10.0 Å². The molecule has 1 aromatic rings. The summed E-state index contributed by atoms with van der Waals surface area (Å²) in [6, 6.07) is 3.82. The summed E-state index contributed by atoms with van der Waals surface area (Å²) in [7, 11) is -2.01. The van der Waals surface area contributed by atoms with Crippen molar-refractivity contribution in [2.24, 2.45) is 0 Å². The van der Waals surface area contributed by atoms with E-state index in [1.807, 2.05) is 6.92 Å². The van der Waals surface area contributed by atoms with Crippen LogP contribution in [-0.4, -0.2) is 33.0 Å². The SMILES string of the molecule is CNC(C)CNS(=O)(=O)c1ccc(C)c([N+](=O)[O-])c1.Cl. The van der Waals surface area contributed by atoms with Crippen LogP contribution in [0.5, 0.6) is 0 Å². The molecule has 1 rings (SSSR count). The number of nitro groups is 1. The summed E-state index contributed by atoms with van der Waals surface area (Å²) in [6.07, 6.45) is 0. The van der Waals surface area contributed by atoms with Crippen LogP contribution in [0, 0.1) is 17.0 Å². The minimum Gasteiger partial charge on any atom is -0.316 e. The van der Waals surface area contributed by atoms with E-state index in [9.17, 15) is 18.5 Å². The zero-order valence-electron chi connectivity index (χ0n) is 11.4. The lowest BCUT2D eigenvalue weighted by Gasteiger charge is -2.12. The van der Waals surface area contributed by atoms with Crippen molar-refractivity contribution in [2.45, 2.75) is 24.8 Å². The van der Waals surface area contributed by atoms with Gasteiger partial charge in [0.1, 0.15) is 0 Å². The van der Waals surface area contributed by atoms with Crippen LogP contribution in [0.2, 0.25) is 0 Å². The topological polar surface area (TPSA) is 101 Å². The molecule has 114 valence electrons. The van der Waals surface area contributed by atoms with E-state index in [0.717, 1.165) is 6.07 Å². The number of nitrogens with zero attached hydrogens (tertiary/aromatic N) is 1. The molecule has 0 bridgehead atoms. The molecular weight excluding hydrogens is 306 g/mol. The lowest BCUT2D eigenvalue weighted by molar-refractivity contribution is -0.385. The molecule has 9 heteroatoms. The Balaban J connectivity index is 0.00000361. The first kappa shape index (κ1) is 18.8. The number of aryl methyl sites for hydroxylation is 1. The highest BCUT2D eigenvalue weighted by Crippen LogP contribution is 2.21. The Bertz CT molecular complexity index is 577. The van der Waals surface area contributed by atoms with Crippen LogP contribution in [0.1, 0.15) is 12.5 Å². The fourth-order valence-electron chi connectivity index (χ4n) is 1.37. The normalized spacial score (nSPS) is 12.6. The maximum atomic E-state index is 12.0. The summed E-state index contributed by atoms with van der Waals surface area (Å²) in [5.41, 5.74) is 0.220. The van der Waals surface area contributed by atoms with Crippen molar-refractivity contribution in [3.63, 3.8) is 0 Å². The van der Waals surface area contributed by atoms with Gasteiger partial charge >= 0.3 is 0 Å². The zero-order chi connectivity index (χ0) is 14.6. The quantitative estimate of drug-likeness (QED) is 0.605. The molecule has 1 unspecified atom stereocenters. The minimum absolute atomic E-state index is 0. The number of hydrogen-bond acceptors (Lipinski definition) is 5. The third-order valence-electron chi connectivity index (χ3n) is 2.76. The van der Waals surface area contributed by atoms with E-state index < -0.39 is 14.9 Å². The summed E-state index contributed by atoms with van der Waals surface area (Å²) >= 11 is 0. The number of sulfonamides is 1.